The smallest absolute Gasteiger partial charge is 0.303 e. The van der Waals surface area contributed by atoms with Crippen LogP contribution in [0.5, 0.6) is 5.75 Å². The standard InChI is InChI=1S/C20H20O4/c1-13(21)24-20(14-6-4-3-5-7-14)19(22)17-10-15-8-9-18(23-2)12-16(15)11-17/h3-9,12,17,20H,10-11H2,1-2H3/t17-,20-/m1/s1. The van der Waals surface area contributed by atoms with E-state index in [1.165, 1.54) is 6.92 Å². The molecule has 0 N–H and O–H groups in total. The highest BCUT2D eigenvalue weighted by atomic mass is 16.5. The average molecular weight is 324 g/mol. The molecule has 2 aromatic rings. The molecular formula is C20H20O4. The van der Waals surface area contributed by atoms with Gasteiger partial charge in [-0.3, -0.25) is 9.59 Å². The first-order chi connectivity index (χ1) is 11.6. The summed E-state index contributed by atoms with van der Waals surface area (Å²) in [7, 11) is 1.63. The fourth-order valence-electron chi connectivity index (χ4n) is 3.22. The summed E-state index contributed by atoms with van der Waals surface area (Å²) < 4.78 is 10.6. The Hall–Kier alpha value is -2.62. The summed E-state index contributed by atoms with van der Waals surface area (Å²) in [4.78, 5) is 24.5. The molecule has 4 nitrogen and oxygen atoms in total. The van der Waals surface area contributed by atoms with Crippen LogP contribution >= 0.6 is 0 Å². The fourth-order valence-corrected chi connectivity index (χ4v) is 3.22. The van der Waals surface area contributed by atoms with Crippen molar-refractivity contribution in [2.24, 2.45) is 5.92 Å². The SMILES string of the molecule is COc1ccc2c(c1)C[C@H](C(=O)[C@H](OC(C)=O)c1ccccc1)C2. The predicted molar refractivity (Wildman–Crippen MR) is 89.8 cm³/mol. The Bertz CT molecular complexity index is 751. The van der Waals surface area contributed by atoms with Crippen molar-refractivity contribution in [3.05, 3.63) is 65.2 Å². The van der Waals surface area contributed by atoms with E-state index in [9.17, 15) is 9.59 Å². The molecule has 0 fully saturated rings. The number of carbonyl (C=O) groups excluding carboxylic acids is 2. The molecule has 124 valence electrons. The molecule has 0 saturated heterocycles. The van der Waals surface area contributed by atoms with Crippen molar-refractivity contribution in [3.63, 3.8) is 0 Å². The van der Waals surface area contributed by atoms with Gasteiger partial charge in [0.05, 0.1) is 7.11 Å². The maximum absolute atomic E-state index is 13.0. The second-order valence-corrected chi connectivity index (χ2v) is 6.04. The van der Waals surface area contributed by atoms with E-state index in [0.717, 1.165) is 16.9 Å². The van der Waals surface area contributed by atoms with E-state index >= 15 is 0 Å². The zero-order valence-corrected chi connectivity index (χ0v) is 13.8. The van der Waals surface area contributed by atoms with Gasteiger partial charge in [-0.25, -0.2) is 0 Å². The van der Waals surface area contributed by atoms with Crippen molar-refractivity contribution >= 4 is 11.8 Å². The van der Waals surface area contributed by atoms with E-state index < -0.39 is 12.1 Å². The molecule has 3 rings (SSSR count). The van der Waals surface area contributed by atoms with Gasteiger partial charge in [0.1, 0.15) is 5.75 Å². The number of fused-ring (bicyclic) bond motifs is 1. The number of Topliss-reactive ketones (excluding diaryl/α,β-unsaturated/α-hetero) is 1. The van der Waals surface area contributed by atoms with Gasteiger partial charge in [0.2, 0.25) is 0 Å². The van der Waals surface area contributed by atoms with E-state index in [1.807, 2.05) is 48.5 Å². The van der Waals surface area contributed by atoms with Gasteiger partial charge >= 0.3 is 5.97 Å². The number of ketones is 1. The van der Waals surface area contributed by atoms with Crippen LogP contribution in [0.3, 0.4) is 0 Å². The van der Waals surface area contributed by atoms with Crippen LogP contribution in [0, 0.1) is 5.92 Å². The topological polar surface area (TPSA) is 52.6 Å². The number of carbonyl (C=O) groups is 2. The van der Waals surface area contributed by atoms with Crippen LogP contribution in [0.4, 0.5) is 0 Å². The van der Waals surface area contributed by atoms with Crippen LogP contribution in [0.1, 0.15) is 29.7 Å². The van der Waals surface area contributed by atoms with Crippen LogP contribution in [0.15, 0.2) is 48.5 Å². The van der Waals surface area contributed by atoms with Gasteiger partial charge in [0.25, 0.3) is 0 Å². The summed E-state index contributed by atoms with van der Waals surface area (Å²) in [5.41, 5.74) is 3.00. The normalized spacial score (nSPS) is 17.0. The number of rotatable bonds is 5. The van der Waals surface area contributed by atoms with Gasteiger partial charge in [-0.2, -0.15) is 0 Å². The lowest BCUT2D eigenvalue weighted by Crippen LogP contribution is -2.26. The van der Waals surface area contributed by atoms with Crippen molar-refractivity contribution in [2.75, 3.05) is 7.11 Å². The minimum absolute atomic E-state index is 0.0495. The Labute approximate surface area is 141 Å². The summed E-state index contributed by atoms with van der Waals surface area (Å²) in [6.07, 6.45) is 0.476. The molecule has 4 heteroatoms. The number of benzene rings is 2. The van der Waals surface area contributed by atoms with E-state index in [1.54, 1.807) is 7.11 Å². The Morgan fingerprint density at radius 1 is 1.04 bits per heavy atom. The quantitative estimate of drug-likeness (QED) is 0.792. The second kappa shape index (κ2) is 6.87. The monoisotopic (exact) mass is 324 g/mol. The Balaban J connectivity index is 1.82. The van der Waals surface area contributed by atoms with Crippen LogP contribution < -0.4 is 4.74 Å². The number of esters is 1. The Morgan fingerprint density at radius 2 is 1.75 bits per heavy atom. The van der Waals surface area contributed by atoms with Gasteiger partial charge < -0.3 is 9.47 Å². The van der Waals surface area contributed by atoms with Gasteiger partial charge in [-0.1, -0.05) is 36.4 Å². The lowest BCUT2D eigenvalue weighted by Gasteiger charge is -2.19. The van der Waals surface area contributed by atoms with Crippen molar-refractivity contribution in [2.45, 2.75) is 25.9 Å². The number of ether oxygens (including phenoxy) is 2. The van der Waals surface area contributed by atoms with Crippen LogP contribution in [0.2, 0.25) is 0 Å². The number of hydrogen-bond donors (Lipinski definition) is 0. The zero-order chi connectivity index (χ0) is 17.1. The van der Waals surface area contributed by atoms with Crippen molar-refractivity contribution in [1.29, 1.82) is 0 Å². The third-order valence-electron chi connectivity index (χ3n) is 4.39. The van der Waals surface area contributed by atoms with E-state index in [0.29, 0.717) is 18.4 Å². The van der Waals surface area contributed by atoms with Gasteiger partial charge in [-0.05, 0) is 41.7 Å². The highest BCUT2D eigenvalue weighted by Gasteiger charge is 2.34. The van der Waals surface area contributed by atoms with Crippen LogP contribution in [-0.4, -0.2) is 18.9 Å². The first-order valence-electron chi connectivity index (χ1n) is 8.00. The minimum Gasteiger partial charge on any atom is -0.497 e. The lowest BCUT2D eigenvalue weighted by molar-refractivity contribution is -0.155. The molecule has 0 unspecified atom stereocenters. The summed E-state index contributed by atoms with van der Waals surface area (Å²) >= 11 is 0. The van der Waals surface area contributed by atoms with Gasteiger partial charge in [-0.15, -0.1) is 0 Å². The zero-order valence-electron chi connectivity index (χ0n) is 13.8. The van der Waals surface area contributed by atoms with Gasteiger partial charge in [0.15, 0.2) is 11.9 Å². The predicted octanol–water partition coefficient (Wildman–Crippen LogP) is 3.28. The molecule has 2 aromatic carbocycles. The highest BCUT2D eigenvalue weighted by Crippen LogP contribution is 2.34. The number of methoxy groups -OCH3 is 1. The van der Waals surface area contributed by atoms with Crippen LogP contribution in [-0.2, 0) is 27.2 Å². The molecule has 0 radical (unpaired) electrons. The Kier molecular flexibility index (Phi) is 4.65. The average Bonchev–Trinajstić information content (AvgIpc) is 3.02. The van der Waals surface area contributed by atoms with Gasteiger partial charge in [0, 0.05) is 12.8 Å². The third kappa shape index (κ3) is 3.32. The first kappa shape index (κ1) is 16.2. The summed E-state index contributed by atoms with van der Waals surface area (Å²) in [6, 6.07) is 15.1. The molecule has 0 bridgehead atoms. The summed E-state index contributed by atoms with van der Waals surface area (Å²) in [5, 5.41) is 0. The molecule has 1 aliphatic carbocycles. The molecule has 1 aliphatic rings. The molecule has 0 spiro atoms. The second-order valence-electron chi connectivity index (χ2n) is 6.04. The minimum atomic E-state index is -0.843. The fraction of sp³-hybridized carbons (Fsp3) is 0.300. The molecule has 0 saturated carbocycles. The maximum Gasteiger partial charge on any atom is 0.303 e. The van der Waals surface area contributed by atoms with Crippen molar-refractivity contribution in [3.8, 4) is 5.75 Å². The molecule has 0 amide bonds. The molecule has 24 heavy (non-hydrogen) atoms. The molecule has 0 heterocycles. The lowest BCUT2D eigenvalue weighted by atomic mass is 9.93. The summed E-state index contributed by atoms with van der Waals surface area (Å²) in [6.45, 7) is 1.33. The molecule has 0 aliphatic heterocycles. The molecule has 0 aromatic heterocycles. The highest BCUT2D eigenvalue weighted by molar-refractivity contribution is 5.89. The Morgan fingerprint density at radius 3 is 2.42 bits per heavy atom. The van der Waals surface area contributed by atoms with Crippen molar-refractivity contribution < 1.29 is 19.1 Å². The molecule has 2 atom stereocenters. The summed E-state index contributed by atoms with van der Waals surface area (Å²) in [5.74, 6) is 0.110. The van der Waals surface area contributed by atoms with E-state index in [2.05, 4.69) is 0 Å². The molecular weight excluding hydrogens is 304 g/mol. The van der Waals surface area contributed by atoms with E-state index in [-0.39, 0.29) is 11.7 Å². The number of hydrogen-bond acceptors (Lipinski definition) is 4. The first-order valence-corrected chi connectivity index (χ1v) is 8.00. The maximum atomic E-state index is 13.0. The largest absolute Gasteiger partial charge is 0.497 e. The van der Waals surface area contributed by atoms with Crippen LogP contribution in [0.25, 0.3) is 0 Å². The third-order valence-corrected chi connectivity index (χ3v) is 4.39. The van der Waals surface area contributed by atoms with E-state index in [4.69, 9.17) is 9.47 Å². The van der Waals surface area contributed by atoms with Crippen molar-refractivity contribution in [1.82, 2.24) is 0 Å².